The molecule has 166 valence electrons. The third-order valence-electron chi connectivity index (χ3n) is 6.17. The minimum absolute atomic E-state index is 0.0316. The third kappa shape index (κ3) is 4.57. The molecule has 0 saturated heterocycles. The fourth-order valence-corrected chi connectivity index (χ4v) is 4.02. The highest BCUT2D eigenvalue weighted by atomic mass is 19.3. The van der Waals surface area contributed by atoms with Crippen molar-refractivity contribution in [2.45, 2.75) is 51.0 Å². The largest absolute Gasteiger partial charge is 0.340 e. The van der Waals surface area contributed by atoms with E-state index in [-0.39, 0.29) is 23.8 Å². The average molecular weight is 435 g/mol. The van der Waals surface area contributed by atoms with Crippen LogP contribution in [-0.2, 0) is 22.7 Å². The molecule has 0 radical (unpaired) electrons. The fourth-order valence-electron chi connectivity index (χ4n) is 4.02. The summed E-state index contributed by atoms with van der Waals surface area (Å²) in [5.41, 5.74) is 2.10. The van der Waals surface area contributed by atoms with E-state index in [9.17, 15) is 13.6 Å². The molecule has 1 unspecified atom stereocenters. The summed E-state index contributed by atoms with van der Waals surface area (Å²) in [6.45, 7) is 3.42. The second-order valence-electron chi connectivity index (χ2n) is 8.69. The molecule has 3 nitrogen and oxygen atoms in total. The van der Waals surface area contributed by atoms with Crippen LogP contribution in [0.5, 0.6) is 0 Å². The molecule has 0 aliphatic heterocycles. The first-order valence-electron chi connectivity index (χ1n) is 11.1. The molecule has 1 fully saturated rings. The van der Waals surface area contributed by atoms with Crippen molar-refractivity contribution in [2.24, 2.45) is 5.92 Å². The number of halogens is 2. The first-order valence-corrected chi connectivity index (χ1v) is 11.1. The lowest BCUT2D eigenvalue weighted by Crippen LogP contribution is -2.49. The van der Waals surface area contributed by atoms with Crippen molar-refractivity contribution < 1.29 is 13.6 Å². The van der Waals surface area contributed by atoms with Crippen molar-refractivity contribution in [2.75, 3.05) is 0 Å². The third-order valence-corrected chi connectivity index (χ3v) is 6.17. The van der Waals surface area contributed by atoms with Gasteiger partial charge in [-0.3, -0.25) is 9.78 Å². The van der Waals surface area contributed by atoms with Gasteiger partial charge < -0.3 is 5.32 Å². The minimum atomic E-state index is -2.95. The standard InChI is InChI=1S/C27H28F2N2O/c1-3-27(28,29)23-11-7-10-22(16-23)26(31-25(32)21-13-14-21,17-20-8-5-4-6-9-20)24-15-12-19(2)18-30-24/h4-12,15-16,18,21H,3,13-14,17H2,1-2H3,(H,31,32). The molecule has 1 N–H and O–H groups in total. The van der Waals surface area contributed by atoms with Gasteiger partial charge in [-0.15, -0.1) is 0 Å². The zero-order valence-corrected chi connectivity index (χ0v) is 18.4. The highest BCUT2D eigenvalue weighted by Crippen LogP contribution is 2.39. The molecule has 1 aromatic heterocycles. The van der Waals surface area contributed by atoms with E-state index < -0.39 is 11.5 Å². The Morgan fingerprint density at radius 3 is 2.38 bits per heavy atom. The number of nitrogens with one attached hydrogen (secondary N) is 1. The summed E-state index contributed by atoms with van der Waals surface area (Å²) < 4.78 is 29.3. The lowest BCUT2D eigenvalue weighted by atomic mass is 9.79. The molecular formula is C27H28F2N2O. The highest BCUT2D eigenvalue weighted by molar-refractivity contribution is 5.82. The van der Waals surface area contributed by atoms with Gasteiger partial charge in [-0.25, -0.2) is 8.78 Å². The van der Waals surface area contributed by atoms with Crippen molar-refractivity contribution in [3.8, 4) is 0 Å². The molecule has 1 heterocycles. The summed E-state index contributed by atoms with van der Waals surface area (Å²) in [5, 5.41) is 3.24. The molecule has 1 aliphatic rings. The van der Waals surface area contributed by atoms with Gasteiger partial charge in [0.05, 0.1) is 5.69 Å². The molecule has 3 aromatic rings. The zero-order valence-electron chi connectivity index (χ0n) is 18.4. The van der Waals surface area contributed by atoms with Gasteiger partial charge in [-0.2, -0.15) is 0 Å². The molecular weight excluding hydrogens is 406 g/mol. The SMILES string of the molecule is CCC(F)(F)c1cccc(C(Cc2ccccc2)(NC(=O)C2CC2)c2ccc(C)cn2)c1. The van der Waals surface area contributed by atoms with Crippen LogP contribution in [0.2, 0.25) is 0 Å². The Bertz CT molecular complexity index is 1080. The van der Waals surface area contributed by atoms with Gasteiger partial charge in [0.15, 0.2) is 0 Å². The number of carbonyl (C=O) groups excluding carboxylic acids is 1. The van der Waals surface area contributed by atoms with E-state index in [0.717, 1.165) is 24.0 Å². The lowest BCUT2D eigenvalue weighted by Gasteiger charge is -2.36. The van der Waals surface area contributed by atoms with Crippen LogP contribution >= 0.6 is 0 Å². The monoisotopic (exact) mass is 434 g/mol. The van der Waals surface area contributed by atoms with Crippen molar-refractivity contribution >= 4 is 5.91 Å². The van der Waals surface area contributed by atoms with Crippen LogP contribution in [-0.4, -0.2) is 10.9 Å². The number of aromatic nitrogens is 1. The van der Waals surface area contributed by atoms with E-state index in [4.69, 9.17) is 0 Å². The van der Waals surface area contributed by atoms with Crippen molar-refractivity contribution in [3.63, 3.8) is 0 Å². The Kier molecular flexibility index (Phi) is 6.09. The number of rotatable bonds is 8. The quantitative estimate of drug-likeness (QED) is 0.479. The summed E-state index contributed by atoms with van der Waals surface area (Å²) in [6.07, 6.45) is 3.57. The summed E-state index contributed by atoms with van der Waals surface area (Å²) in [7, 11) is 0. The smallest absolute Gasteiger partial charge is 0.273 e. The van der Waals surface area contributed by atoms with Gasteiger partial charge in [0.25, 0.3) is 5.92 Å². The first kappa shape index (κ1) is 22.1. The lowest BCUT2D eigenvalue weighted by molar-refractivity contribution is -0.124. The number of nitrogens with zero attached hydrogens (tertiary/aromatic N) is 1. The Morgan fingerprint density at radius 1 is 1.03 bits per heavy atom. The van der Waals surface area contributed by atoms with Crippen molar-refractivity contribution in [1.82, 2.24) is 10.3 Å². The number of pyridine rings is 1. The highest BCUT2D eigenvalue weighted by Gasteiger charge is 2.42. The molecule has 1 amide bonds. The molecule has 0 bridgehead atoms. The molecule has 32 heavy (non-hydrogen) atoms. The van der Waals surface area contributed by atoms with E-state index in [2.05, 4.69) is 10.3 Å². The van der Waals surface area contributed by atoms with Gasteiger partial charge in [0, 0.05) is 30.5 Å². The van der Waals surface area contributed by atoms with Crippen LogP contribution in [0.1, 0.15) is 54.1 Å². The number of hydrogen-bond donors (Lipinski definition) is 1. The first-order chi connectivity index (χ1) is 15.3. The minimum Gasteiger partial charge on any atom is -0.340 e. The van der Waals surface area contributed by atoms with E-state index in [1.165, 1.54) is 19.1 Å². The molecule has 1 saturated carbocycles. The van der Waals surface area contributed by atoms with Gasteiger partial charge in [0.1, 0.15) is 5.54 Å². The Balaban J connectivity index is 1.91. The topological polar surface area (TPSA) is 42.0 Å². The molecule has 0 spiro atoms. The molecule has 2 aromatic carbocycles. The number of amides is 1. The molecule has 1 aliphatic carbocycles. The van der Waals surface area contributed by atoms with Crippen LogP contribution in [0.4, 0.5) is 8.78 Å². The summed E-state index contributed by atoms with van der Waals surface area (Å²) >= 11 is 0. The second kappa shape index (κ2) is 8.81. The van der Waals surface area contributed by atoms with Crippen molar-refractivity contribution in [1.29, 1.82) is 0 Å². The predicted octanol–water partition coefficient (Wildman–Crippen LogP) is 5.90. The summed E-state index contributed by atoms with van der Waals surface area (Å²) in [5.74, 6) is -3.04. The van der Waals surface area contributed by atoms with E-state index >= 15 is 0 Å². The zero-order chi connectivity index (χ0) is 22.8. The van der Waals surface area contributed by atoms with Gasteiger partial charge in [-0.1, -0.05) is 61.5 Å². The van der Waals surface area contributed by atoms with Gasteiger partial charge in [-0.05, 0) is 48.6 Å². The van der Waals surface area contributed by atoms with Crippen molar-refractivity contribution in [3.05, 3.63) is 101 Å². The van der Waals surface area contributed by atoms with Crippen LogP contribution in [0.25, 0.3) is 0 Å². The van der Waals surface area contributed by atoms with E-state index in [1.54, 1.807) is 12.3 Å². The maximum absolute atomic E-state index is 14.6. The predicted molar refractivity (Wildman–Crippen MR) is 121 cm³/mol. The maximum atomic E-state index is 14.6. The fraction of sp³-hybridized carbons (Fsp3) is 0.333. The number of alkyl halides is 2. The van der Waals surface area contributed by atoms with E-state index in [0.29, 0.717) is 17.7 Å². The number of carbonyl (C=O) groups is 1. The van der Waals surface area contributed by atoms with Crippen LogP contribution in [0.15, 0.2) is 72.9 Å². The summed E-state index contributed by atoms with van der Waals surface area (Å²) in [4.78, 5) is 17.7. The Labute approximate surface area is 187 Å². The molecule has 4 rings (SSSR count). The Hall–Kier alpha value is -3.08. The van der Waals surface area contributed by atoms with Gasteiger partial charge in [0.2, 0.25) is 5.91 Å². The molecule has 1 atom stereocenters. The maximum Gasteiger partial charge on any atom is 0.273 e. The van der Waals surface area contributed by atoms with E-state index in [1.807, 2.05) is 55.5 Å². The van der Waals surface area contributed by atoms with Crippen LogP contribution < -0.4 is 5.32 Å². The van der Waals surface area contributed by atoms with Crippen LogP contribution in [0, 0.1) is 12.8 Å². The summed E-state index contributed by atoms with van der Waals surface area (Å²) in [6, 6.07) is 20.0. The molecule has 5 heteroatoms. The van der Waals surface area contributed by atoms with Gasteiger partial charge >= 0.3 is 0 Å². The number of benzene rings is 2. The number of aryl methyl sites for hydroxylation is 1. The number of hydrogen-bond acceptors (Lipinski definition) is 2. The second-order valence-corrected chi connectivity index (χ2v) is 8.69. The Morgan fingerprint density at radius 2 is 1.75 bits per heavy atom. The normalized spacial score (nSPS) is 15.8. The average Bonchev–Trinajstić information content (AvgIpc) is 3.65. The van der Waals surface area contributed by atoms with Crippen LogP contribution in [0.3, 0.4) is 0 Å².